The molecule has 1 rings (SSSR count). The molecule has 0 saturated carbocycles. The van der Waals surface area contributed by atoms with Crippen LogP contribution in [0.4, 0.5) is 0 Å². The van der Waals surface area contributed by atoms with Gasteiger partial charge in [0.2, 0.25) is 0 Å². The minimum atomic E-state index is -1.16. The molecule has 0 radical (unpaired) electrons. The molecule has 0 aliphatic heterocycles. The van der Waals surface area contributed by atoms with Crippen LogP contribution in [0.2, 0.25) is 0 Å². The van der Waals surface area contributed by atoms with Crippen LogP contribution in [0.15, 0.2) is 36.5 Å². The molecular weight excluding hydrogens is 218 g/mol. The van der Waals surface area contributed by atoms with Gasteiger partial charge in [-0.15, -0.1) is 0 Å². The van der Waals surface area contributed by atoms with Crippen molar-refractivity contribution in [1.29, 1.82) is 0 Å². The summed E-state index contributed by atoms with van der Waals surface area (Å²) in [5, 5.41) is 8.47. The fourth-order valence-electron chi connectivity index (χ4n) is 1.06. The van der Waals surface area contributed by atoms with Gasteiger partial charge >= 0.3 is 5.97 Å². The molecule has 2 N–H and O–H groups in total. The van der Waals surface area contributed by atoms with Crippen molar-refractivity contribution in [2.45, 2.75) is 6.92 Å². The summed E-state index contributed by atoms with van der Waals surface area (Å²) in [6.07, 6.45) is 0. The Balaban J connectivity index is 2.37. The Hall–Kier alpha value is -2.25. The topological polar surface area (TPSA) is 58.6 Å². The number of carbonyl (C=O) groups is 1. The second kappa shape index (κ2) is 6.36. The standard InChI is InChI=1S/C13H13NO3/c1-10-5-3-6-12(9-10)7-4-8-17-14-11(2)13(15)16/h3,5-6,9,14H,2,8H2,1H3,(H,15,16). The number of carboxylic acids is 1. The van der Waals surface area contributed by atoms with E-state index >= 15 is 0 Å². The van der Waals surface area contributed by atoms with Crippen LogP contribution in [-0.4, -0.2) is 17.7 Å². The number of carboxylic acid groups (broad SMARTS) is 1. The Morgan fingerprint density at radius 3 is 3.00 bits per heavy atom. The molecule has 0 heterocycles. The van der Waals surface area contributed by atoms with Crippen LogP contribution in [0.5, 0.6) is 0 Å². The van der Waals surface area contributed by atoms with Crippen molar-refractivity contribution in [2.24, 2.45) is 0 Å². The fraction of sp³-hybridized carbons (Fsp3) is 0.154. The second-order valence-electron chi connectivity index (χ2n) is 3.35. The lowest BCUT2D eigenvalue weighted by molar-refractivity contribution is -0.134. The number of benzene rings is 1. The summed E-state index contributed by atoms with van der Waals surface area (Å²) in [7, 11) is 0. The fourth-order valence-corrected chi connectivity index (χ4v) is 1.06. The molecule has 17 heavy (non-hydrogen) atoms. The number of hydroxylamine groups is 1. The first-order valence-corrected chi connectivity index (χ1v) is 4.95. The van der Waals surface area contributed by atoms with Crippen LogP contribution < -0.4 is 5.48 Å². The summed E-state index contributed by atoms with van der Waals surface area (Å²) in [6.45, 7) is 5.31. The van der Waals surface area contributed by atoms with Gasteiger partial charge in [0.05, 0.1) is 0 Å². The molecule has 1 aromatic rings. The van der Waals surface area contributed by atoms with Crippen molar-refractivity contribution in [2.75, 3.05) is 6.61 Å². The van der Waals surface area contributed by atoms with Gasteiger partial charge in [-0.05, 0) is 24.6 Å². The number of aryl methyl sites for hydroxylation is 1. The number of nitrogens with one attached hydrogen (secondary N) is 1. The van der Waals surface area contributed by atoms with Crippen LogP contribution in [0, 0.1) is 18.8 Å². The average Bonchev–Trinajstić information content (AvgIpc) is 2.28. The molecule has 0 amide bonds. The van der Waals surface area contributed by atoms with E-state index in [1.165, 1.54) is 0 Å². The third-order valence-corrected chi connectivity index (χ3v) is 1.85. The van der Waals surface area contributed by atoms with E-state index < -0.39 is 5.97 Å². The molecule has 0 bridgehead atoms. The minimum Gasteiger partial charge on any atom is -0.477 e. The van der Waals surface area contributed by atoms with E-state index in [-0.39, 0.29) is 12.3 Å². The van der Waals surface area contributed by atoms with E-state index in [9.17, 15) is 4.79 Å². The van der Waals surface area contributed by atoms with Gasteiger partial charge in [0.15, 0.2) is 0 Å². The van der Waals surface area contributed by atoms with Gasteiger partial charge in [-0.3, -0.25) is 10.3 Å². The Morgan fingerprint density at radius 1 is 1.59 bits per heavy atom. The number of hydrogen-bond donors (Lipinski definition) is 2. The second-order valence-corrected chi connectivity index (χ2v) is 3.35. The van der Waals surface area contributed by atoms with Crippen LogP contribution in [0.3, 0.4) is 0 Å². The van der Waals surface area contributed by atoms with E-state index in [1.807, 2.05) is 31.2 Å². The lowest BCUT2D eigenvalue weighted by Crippen LogP contribution is -2.19. The average molecular weight is 231 g/mol. The zero-order valence-electron chi connectivity index (χ0n) is 9.49. The Labute approximate surface area is 99.9 Å². The molecule has 0 spiro atoms. The summed E-state index contributed by atoms with van der Waals surface area (Å²) in [4.78, 5) is 15.1. The van der Waals surface area contributed by atoms with Crippen LogP contribution in [0.1, 0.15) is 11.1 Å². The molecule has 4 heteroatoms. The highest BCUT2D eigenvalue weighted by Crippen LogP contribution is 2.01. The highest BCUT2D eigenvalue weighted by Gasteiger charge is 2.00. The molecule has 0 aliphatic rings. The van der Waals surface area contributed by atoms with Crippen LogP contribution in [0.25, 0.3) is 0 Å². The van der Waals surface area contributed by atoms with E-state index in [1.54, 1.807) is 0 Å². The highest BCUT2D eigenvalue weighted by molar-refractivity contribution is 5.84. The number of aliphatic carboxylic acids is 1. The zero-order valence-corrected chi connectivity index (χ0v) is 9.49. The third kappa shape index (κ3) is 4.87. The minimum absolute atomic E-state index is 0.0836. The SMILES string of the molecule is C=C(NOCC#Cc1cccc(C)c1)C(=O)O. The Kier molecular flexibility index (Phi) is 4.79. The quantitative estimate of drug-likeness (QED) is 0.356. The predicted octanol–water partition coefficient (Wildman–Crippen LogP) is 1.47. The van der Waals surface area contributed by atoms with E-state index in [2.05, 4.69) is 23.9 Å². The number of hydrogen-bond acceptors (Lipinski definition) is 3. The van der Waals surface area contributed by atoms with Gasteiger partial charge < -0.3 is 5.11 Å². The van der Waals surface area contributed by atoms with Crippen molar-refractivity contribution < 1.29 is 14.7 Å². The smallest absolute Gasteiger partial charge is 0.353 e. The first-order valence-electron chi connectivity index (χ1n) is 4.95. The van der Waals surface area contributed by atoms with E-state index in [4.69, 9.17) is 9.94 Å². The van der Waals surface area contributed by atoms with Gasteiger partial charge in [0.1, 0.15) is 12.3 Å². The van der Waals surface area contributed by atoms with Crippen LogP contribution >= 0.6 is 0 Å². The summed E-state index contributed by atoms with van der Waals surface area (Å²) in [6, 6.07) is 7.75. The molecule has 0 atom stereocenters. The maximum absolute atomic E-state index is 10.3. The molecule has 0 unspecified atom stereocenters. The summed E-state index contributed by atoms with van der Waals surface area (Å²) in [5.41, 5.74) is 3.99. The van der Waals surface area contributed by atoms with Gasteiger partial charge in [-0.25, -0.2) is 4.79 Å². The maximum atomic E-state index is 10.3. The van der Waals surface area contributed by atoms with Crippen molar-refractivity contribution in [3.05, 3.63) is 47.7 Å². The first kappa shape index (κ1) is 12.8. The molecule has 4 nitrogen and oxygen atoms in total. The lowest BCUT2D eigenvalue weighted by atomic mass is 10.1. The van der Waals surface area contributed by atoms with Crippen LogP contribution in [-0.2, 0) is 9.63 Å². The molecule has 0 aromatic heterocycles. The predicted molar refractivity (Wildman–Crippen MR) is 63.9 cm³/mol. The van der Waals surface area contributed by atoms with Crippen molar-refractivity contribution >= 4 is 5.97 Å². The summed E-state index contributed by atoms with van der Waals surface area (Å²) < 4.78 is 0. The Morgan fingerprint density at radius 2 is 2.35 bits per heavy atom. The highest BCUT2D eigenvalue weighted by atomic mass is 16.6. The first-order chi connectivity index (χ1) is 8.09. The lowest BCUT2D eigenvalue weighted by Gasteiger charge is -2.01. The van der Waals surface area contributed by atoms with Gasteiger partial charge in [0, 0.05) is 5.56 Å². The number of rotatable bonds is 4. The molecule has 0 fully saturated rings. The van der Waals surface area contributed by atoms with Crippen molar-refractivity contribution in [3.63, 3.8) is 0 Å². The zero-order chi connectivity index (χ0) is 12.7. The maximum Gasteiger partial charge on any atom is 0.353 e. The van der Waals surface area contributed by atoms with Crippen molar-refractivity contribution in [1.82, 2.24) is 5.48 Å². The third-order valence-electron chi connectivity index (χ3n) is 1.85. The molecule has 1 aromatic carbocycles. The van der Waals surface area contributed by atoms with E-state index in [0.717, 1.165) is 11.1 Å². The van der Waals surface area contributed by atoms with Gasteiger partial charge in [-0.1, -0.05) is 30.6 Å². The molecule has 0 aliphatic carbocycles. The largest absolute Gasteiger partial charge is 0.477 e. The van der Waals surface area contributed by atoms with Gasteiger partial charge in [0.25, 0.3) is 0 Å². The summed E-state index contributed by atoms with van der Waals surface area (Å²) >= 11 is 0. The molecule has 88 valence electrons. The van der Waals surface area contributed by atoms with Crippen molar-refractivity contribution in [3.8, 4) is 11.8 Å². The molecular formula is C13H13NO3. The van der Waals surface area contributed by atoms with Gasteiger partial charge in [-0.2, -0.15) is 0 Å². The molecule has 0 saturated heterocycles. The normalized spacial score (nSPS) is 9.00. The summed E-state index contributed by atoms with van der Waals surface area (Å²) in [5.74, 6) is 4.49. The van der Waals surface area contributed by atoms with E-state index in [0.29, 0.717) is 0 Å². The Bertz CT molecular complexity index is 483. The monoisotopic (exact) mass is 231 g/mol.